The molecule has 2 aromatic carbocycles. The Morgan fingerprint density at radius 1 is 1.00 bits per heavy atom. The van der Waals surface area contributed by atoms with Gasteiger partial charge in [-0.15, -0.1) is 0 Å². The normalized spacial score (nSPS) is 9.60. The molecule has 0 heterocycles. The highest BCUT2D eigenvalue weighted by molar-refractivity contribution is 5.95. The number of anilines is 1. The topological polar surface area (TPSA) is 89.9 Å². The molecule has 0 saturated carbocycles. The predicted octanol–water partition coefficient (Wildman–Crippen LogP) is 2.40. The lowest BCUT2D eigenvalue weighted by Gasteiger charge is -2.22. The Kier molecular flexibility index (Phi) is 8.92. The van der Waals surface area contributed by atoms with Gasteiger partial charge < -0.3 is 10.0 Å². The minimum atomic E-state index is -0.603. The van der Waals surface area contributed by atoms with Crippen LogP contribution in [0.1, 0.15) is 29.8 Å². The summed E-state index contributed by atoms with van der Waals surface area (Å²) in [6.45, 7) is 4.09. The highest BCUT2D eigenvalue weighted by Crippen LogP contribution is 2.15. The number of carbonyl (C=O) groups is 2. The van der Waals surface area contributed by atoms with Gasteiger partial charge in [0.15, 0.2) is 0 Å². The summed E-state index contributed by atoms with van der Waals surface area (Å²) in [5.41, 5.74) is 3.32. The molecule has 0 aliphatic heterocycles. The highest BCUT2D eigenvalue weighted by Gasteiger charge is 2.15. The summed E-state index contributed by atoms with van der Waals surface area (Å²) >= 11 is 0. The second-order valence-electron chi connectivity index (χ2n) is 4.92. The van der Waals surface area contributed by atoms with Crippen LogP contribution in [0.3, 0.4) is 0 Å². The van der Waals surface area contributed by atoms with Gasteiger partial charge >= 0.3 is 0 Å². The predicted molar refractivity (Wildman–Crippen MR) is 96.6 cm³/mol. The number of para-hydroxylation sites is 1. The largest absolute Gasteiger partial charge is 0.395 e. The van der Waals surface area contributed by atoms with Crippen LogP contribution in [0, 0.1) is 0 Å². The van der Waals surface area contributed by atoms with Gasteiger partial charge in [0.25, 0.3) is 5.91 Å². The van der Waals surface area contributed by atoms with Crippen molar-refractivity contribution >= 4 is 17.5 Å². The van der Waals surface area contributed by atoms with E-state index in [4.69, 9.17) is 5.21 Å². The minimum Gasteiger partial charge on any atom is -0.395 e. The Labute approximate surface area is 147 Å². The summed E-state index contributed by atoms with van der Waals surface area (Å²) in [5.74, 6) is -0.751. The van der Waals surface area contributed by atoms with Crippen molar-refractivity contribution in [3.05, 3.63) is 65.7 Å². The Morgan fingerprint density at radius 2 is 1.60 bits per heavy atom. The first-order chi connectivity index (χ1) is 12.2. The van der Waals surface area contributed by atoms with Gasteiger partial charge in [0.2, 0.25) is 5.91 Å². The lowest BCUT2D eigenvalue weighted by atomic mass is 10.1. The van der Waals surface area contributed by atoms with E-state index in [-0.39, 0.29) is 25.5 Å². The summed E-state index contributed by atoms with van der Waals surface area (Å²) in [6.07, 6.45) is 0.149. The monoisotopic (exact) mass is 344 g/mol. The average Bonchev–Trinajstić information content (AvgIpc) is 2.68. The second kappa shape index (κ2) is 11.0. The van der Waals surface area contributed by atoms with Crippen molar-refractivity contribution < 1.29 is 19.9 Å². The van der Waals surface area contributed by atoms with E-state index < -0.39 is 5.91 Å². The molecule has 6 heteroatoms. The zero-order valence-electron chi connectivity index (χ0n) is 14.5. The number of hydrogen-bond donors (Lipinski definition) is 3. The minimum absolute atomic E-state index is 0.129. The molecule has 2 amide bonds. The van der Waals surface area contributed by atoms with Crippen LogP contribution in [0.25, 0.3) is 0 Å². The van der Waals surface area contributed by atoms with Gasteiger partial charge in [-0.05, 0) is 29.8 Å². The molecule has 0 aliphatic rings. The van der Waals surface area contributed by atoms with E-state index in [0.717, 1.165) is 11.3 Å². The molecule has 0 bridgehead atoms. The van der Waals surface area contributed by atoms with Crippen LogP contribution in [-0.4, -0.2) is 35.3 Å². The molecule has 6 nitrogen and oxygen atoms in total. The van der Waals surface area contributed by atoms with Crippen molar-refractivity contribution in [2.24, 2.45) is 0 Å². The summed E-state index contributed by atoms with van der Waals surface area (Å²) in [6, 6.07) is 15.5. The molecule has 2 rings (SSSR count). The van der Waals surface area contributed by atoms with Crippen LogP contribution in [0.5, 0.6) is 0 Å². The fourth-order valence-electron chi connectivity index (χ4n) is 2.21. The molecule has 134 valence electrons. The van der Waals surface area contributed by atoms with Crippen molar-refractivity contribution in [2.45, 2.75) is 20.3 Å². The summed E-state index contributed by atoms with van der Waals surface area (Å²) in [4.78, 5) is 25.3. The van der Waals surface area contributed by atoms with E-state index in [1.807, 2.05) is 44.2 Å². The maximum atomic E-state index is 12.5. The quantitative estimate of drug-likeness (QED) is 0.554. The number of nitrogens with one attached hydrogen (secondary N) is 1. The zero-order chi connectivity index (χ0) is 18.7. The zero-order valence-corrected chi connectivity index (χ0v) is 14.5. The summed E-state index contributed by atoms with van der Waals surface area (Å²) in [7, 11) is 0. The van der Waals surface area contributed by atoms with E-state index in [1.54, 1.807) is 17.6 Å². The van der Waals surface area contributed by atoms with Crippen molar-refractivity contribution in [1.82, 2.24) is 5.48 Å². The third-order valence-electron chi connectivity index (χ3n) is 3.37. The number of benzene rings is 2. The first-order valence-electron chi connectivity index (χ1n) is 8.15. The van der Waals surface area contributed by atoms with Gasteiger partial charge in [0.1, 0.15) is 0 Å². The molecule has 0 aliphatic carbocycles. The number of hydrogen-bond acceptors (Lipinski definition) is 4. The molecule has 0 spiro atoms. The van der Waals surface area contributed by atoms with Crippen LogP contribution in [0.15, 0.2) is 54.6 Å². The first-order valence-corrected chi connectivity index (χ1v) is 8.15. The van der Waals surface area contributed by atoms with Gasteiger partial charge in [0, 0.05) is 17.8 Å². The molecule has 2 aromatic rings. The third-order valence-corrected chi connectivity index (χ3v) is 3.37. The standard InChI is InChI=1S/C17H18N2O4.C2H6/c20-11-10-19(15-4-2-1-3-5-15)16(21)12-13-6-8-14(9-7-13)17(22)18-23;1-2/h1-9,20,23H,10-12H2,(H,18,22);1-2H3. The van der Waals surface area contributed by atoms with Crippen molar-refractivity contribution in [3.63, 3.8) is 0 Å². The number of aliphatic hydroxyl groups excluding tert-OH is 1. The van der Waals surface area contributed by atoms with Gasteiger partial charge in [0.05, 0.1) is 13.0 Å². The number of rotatable bonds is 6. The molecule has 0 aromatic heterocycles. The molecule has 0 atom stereocenters. The maximum Gasteiger partial charge on any atom is 0.274 e. The number of nitrogens with zero attached hydrogens (tertiary/aromatic N) is 1. The number of carbonyl (C=O) groups excluding carboxylic acids is 2. The van der Waals surface area contributed by atoms with Gasteiger partial charge in [-0.1, -0.05) is 44.2 Å². The van der Waals surface area contributed by atoms with Crippen molar-refractivity contribution in [1.29, 1.82) is 0 Å². The van der Waals surface area contributed by atoms with Gasteiger partial charge in [-0.25, -0.2) is 5.48 Å². The molecule has 0 unspecified atom stereocenters. The van der Waals surface area contributed by atoms with Crippen LogP contribution in [0.4, 0.5) is 5.69 Å². The second-order valence-corrected chi connectivity index (χ2v) is 4.92. The molecular formula is C19H24N2O4. The third kappa shape index (κ3) is 6.02. The molecule has 0 saturated heterocycles. The maximum absolute atomic E-state index is 12.5. The number of hydroxylamine groups is 1. The Bertz CT molecular complexity index is 657. The van der Waals surface area contributed by atoms with Crippen LogP contribution < -0.4 is 10.4 Å². The Hall–Kier alpha value is -2.70. The van der Waals surface area contributed by atoms with E-state index in [9.17, 15) is 14.7 Å². The lowest BCUT2D eigenvalue weighted by Crippen LogP contribution is -2.34. The lowest BCUT2D eigenvalue weighted by molar-refractivity contribution is -0.118. The van der Waals surface area contributed by atoms with Crippen LogP contribution >= 0.6 is 0 Å². The molecule has 0 fully saturated rings. The van der Waals surface area contributed by atoms with Crippen molar-refractivity contribution in [3.8, 4) is 0 Å². The molecular weight excluding hydrogens is 320 g/mol. The van der Waals surface area contributed by atoms with E-state index >= 15 is 0 Å². The van der Waals surface area contributed by atoms with Gasteiger partial charge in [-0.3, -0.25) is 14.8 Å². The molecule has 3 N–H and O–H groups in total. The molecule has 25 heavy (non-hydrogen) atoms. The van der Waals surface area contributed by atoms with E-state index in [0.29, 0.717) is 5.56 Å². The fourth-order valence-corrected chi connectivity index (χ4v) is 2.21. The summed E-state index contributed by atoms with van der Waals surface area (Å²) in [5, 5.41) is 17.8. The Morgan fingerprint density at radius 3 is 2.12 bits per heavy atom. The first kappa shape index (κ1) is 20.3. The average molecular weight is 344 g/mol. The smallest absolute Gasteiger partial charge is 0.274 e. The van der Waals surface area contributed by atoms with Crippen LogP contribution in [0.2, 0.25) is 0 Å². The number of aliphatic hydroxyl groups is 1. The van der Waals surface area contributed by atoms with Crippen molar-refractivity contribution in [2.75, 3.05) is 18.1 Å². The van der Waals surface area contributed by atoms with E-state index in [1.165, 1.54) is 17.0 Å². The SMILES string of the molecule is CC.O=C(NO)c1ccc(CC(=O)N(CCO)c2ccccc2)cc1. The van der Waals surface area contributed by atoms with Crippen LogP contribution in [-0.2, 0) is 11.2 Å². The van der Waals surface area contributed by atoms with Gasteiger partial charge in [-0.2, -0.15) is 0 Å². The highest BCUT2D eigenvalue weighted by atomic mass is 16.5. The van der Waals surface area contributed by atoms with E-state index in [2.05, 4.69) is 0 Å². The summed E-state index contributed by atoms with van der Waals surface area (Å²) < 4.78 is 0. The number of amides is 2. The fraction of sp³-hybridized carbons (Fsp3) is 0.263. The molecule has 0 radical (unpaired) electrons. The Balaban J connectivity index is 0.00000151.